The van der Waals surface area contributed by atoms with Crippen molar-refractivity contribution < 1.29 is 14.3 Å². The molecule has 0 bridgehead atoms. The molecule has 2 aromatic carbocycles. The van der Waals surface area contributed by atoms with Crippen LogP contribution >= 0.6 is 34.8 Å². The number of nitrogens with zero attached hydrogens (tertiary/aromatic N) is 1. The minimum atomic E-state index is -0.655. The third-order valence-corrected chi connectivity index (χ3v) is 3.97. The van der Waals surface area contributed by atoms with Crippen molar-refractivity contribution in [2.24, 2.45) is 0 Å². The number of benzene rings is 2. The zero-order chi connectivity index (χ0) is 16.6. The van der Waals surface area contributed by atoms with Crippen LogP contribution in [0, 0.1) is 0 Å². The van der Waals surface area contributed by atoms with Crippen LogP contribution in [-0.4, -0.2) is 11.8 Å². The Morgan fingerprint density at radius 3 is 2.22 bits per heavy atom. The summed E-state index contributed by atoms with van der Waals surface area (Å²) in [4.78, 5) is 25.7. The van der Waals surface area contributed by atoms with Crippen molar-refractivity contribution in [3.8, 4) is 5.75 Å². The summed E-state index contributed by atoms with van der Waals surface area (Å²) in [5, 5.41) is 0.319. The van der Waals surface area contributed by atoms with Gasteiger partial charge in [-0.2, -0.15) is 0 Å². The molecule has 1 aliphatic rings. The number of para-hydroxylation sites is 1. The zero-order valence-electron chi connectivity index (χ0n) is 11.4. The molecule has 0 atom stereocenters. The summed E-state index contributed by atoms with van der Waals surface area (Å²) in [5.41, 5.74) is 0.404. The Bertz CT molecular complexity index is 834. The molecule has 23 heavy (non-hydrogen) atoms. The third-order valence-electron chi connectivity index (χ3n) is 3.11. The van der Waals surface area contributed by atoms with E-state index >= 15 is 0 Å². The Morgan fingerprint density at radius 1 is 0.870 bits per heavy atom. The Labute approximate surface area is 146 Å². The lowest BCUT2D eigenvalue weighted by Crippen LogP contribution is -2.31. The van der Waals surface area contributed by atoms with Gasteiger partial charge in [0.25, 0.3) is 5.91 Å². The van der Waals surface area contributed by atoms with E-state index in [4.69, 9.17) is 39.5 Å². The lowest BCUT2D eigenvalue weighted by atomic mass is 10.3. The van der Waals surface area contributed by atoms with Crippen molar-refractivity contribution in [3.63, 3.8) is 0 Å². The highest BCUT2D eigenvalue weighted by atomic mass is 35.5. The summed E-state index contributed by atoms with van der Waals surface area (Å²) in [6.45, 7) is 0. The van der Waals surface area contributed by atoms with Gasteiger partial charge in [0.05, 0.1) is 10.7 Å². The van der Waals surface area contributed by atoms with Gasteiger partial charge < -0.3 is 4.74 Å². The highest BCUT2D eigenvalue weighted by Crippen LogP contribution is 2.34. The van der Waals surface area contributed by atoms with Gasteiger partial charge in [0.2, 0.25) is 5.76 Å². The van der Waals surface area contributed by atoms with E-state index in [0.29, 0.717) is 10.7 Å². The predicted molar refractivity (Wildman–Crippen MR) is 88.9 cm³/mol. The minimum absolute atomic E-state index is 0.181. The van der Waals surface area contributed by atoms with Crippen LogP contribution in [0.5, 0.6) is 5.75 Å². The van der Waals surface area contributed by atoms with E-state index in [9.17, 15) is 9.59 Å². The molecule has 0 aliphatic carbocycles. The predicted octanol–water partition coefficient (Wildman–Crippen LogP) is 4.40. The summed E-state index contributed by atoms with van der Waals surface area (Å²) < 4.78 is 5.45. The second-order valence-corrected chi connectivity index (χ2v) is 5.82. The average molecular weight is 369 g/mol. The quantitative estimate of drug-likeness (QED) is 0.755. The van der Waals surface area contributed by atoms with Crippen molar-refractivity contribution in [2.45, 2.75) is 0 Å². The van der Waals surface area contributed by atoms with E-state index in [1.165, 1.54) is 12.1 Å². The summed E-state index contributed by atoms with van der Waals surface area (Å²) in [6.07, 6.45) is 0. The molecule has 0 saturated heterocycles. The molecule has 1 aliphatic heterocycles. The average Bonchev–Trinajstić information content (AvgIpc) is 2.74. The van der Waals surface area contributed by atoms with Crippen molar-refractivity contribution >= 4 is 52.3 Å². The number of hydrogen-bond donors (Lipinski definition) is 0. The summed E-state index contributed by atoms with van der Waals surface area (Å²) >= 11 is 17.8. The molecule has 3 rings (SSSR count). The molecule has 0 unspecified atom stereocenters. The first kappa shape index (κ1) is 15.9. The van der Waals surface area contributed by atoms with Gasteiger partial charge in [-0.15, -0.1) is 0 Å². The molecule has 2 aromatic rings. The first-order valence-electron chi connectivity index (χ1n) is 6.45. The number of imide groups is 1. The first-order valence-corrected chi connectivity index (χ1v) is 7.59. The second kappa shape index (κ2) is 6.24. The van der Waals surface area contributed by atoms with Crippen LogP contribution in [0.3, 0.4) is 0 Å². The Balaban J connectivity index is 1.94. The van der Waals surface area contributed by atoms with E-state index in [1.54, 1.807) is 36.4 Å². The number of ether oxygens (including phenoxy) is 1. The Kier molecular flexibility index (Phi) is 4.31. The van der Waals surface area contributed by atoms with Crippen LogP contribution in [-0.2, 0) is 9.59 Å². The summed E-state index contributed by atoms with van der Waals surface area (Å²) in [6, 6.07) is 12.9. The van der Waals surface area contributed by atoms with Gasteiger partial charge in [0.1, 0.15) is 5.75 Å². The smallest absolute Gasteiger partial charge is 0.302 e. The molecule has 1 heterocycles. The standard InChI is InChI=1S/C16H8Cl3NO3/c17-9-6-7-12(11(18)8-9)23-14-13(19)15(21)20(16(14)22)10-4-2-1-3-5-10/h1-8H. The highest BCUT2D eigenvalue weighted by molar-refractivity contribution is 6.52. The van der Waals surface area contributed by atoms with E-state index < -0.39 is 11.8 Å². The molecular formula is C16H8Cl3NO3. The van der Waals surface area contributed by atoms with Crippen molar-refractivity contribution in [1.29, 1.82) is 0 Å². The van der Waals surface area contributed by atoms with Crippen LogP contribution in [0.15, 0.2) is 59.3 Å². The maximum Gasteiger partial charge on any atom is 0.302 e. The maximum atomic E-state index is 12.5. The molecule has 0 spiro atoms. The lowest BCUT2D eigenvalue weighted by molar-refractivity contribution is -0.121. The van der Waals surface area contributed by atoms with Crippen LogP contribution in [0.2, 0.25) is 10.0 Å². The monoisotopic (exact) mass is 367 g/mol. The van der Waals surface area contributed by atoms with Crippen LogP contribution in [0.25, 0.3) is 0 Å². The molecule has 2 amide bonds. The number of anilines is 1. The van der Waals surface area contributed by atoms with Crippen molar-refractivity contribution in [1.82, 2.24) is 0 Å². The molecule has 0 N–H and O–H groups in total. The minimum Gasteiger partial charge on any atom is -0.448 e. The van der Waals surface area contributed by atoms with Gasteiger partial charge in [0, 0.05) is 5.02 Å². The Hall–Kier alpha value is -2.01. The number of carbonyl (C=O) groups excluding carboxylic acids is 2. The molecule has 4 nitrogen and oxygen atoms in total. The molecule has 0 saturated carbocycles. The fraction of sp³-hybridized carbons (Fsp3) is 0. The Morgan fingerprint density at radius 2 is 1.57 bits per heavy atom. The fourth-order valence-corrected chi connectivity index (χ4v) is 2.70. The molecule has 116 valence electrons. The lowest BCUT2D eigenvalue weighted by Gasteiger charge is -2.14. The molecule has 0 radical (unpaired) electrons. The van der Waals surface area contributed by atoms with Gasteiger partial charge in [-0.3, -0.25) is 9.59 Å². The van der Waals surface area contributed by atoms with Gasteiger partial charge in [-0.25, -0.2) is 4.90 Å². The van der Waals surface area contributed by atoms with E-state index in [0.717, 1.165) is 4.90 Å². The SMILES string of the molecule is O=C1C(Cl)=C(Oc2ccc(Cl)cc2Cl)C(=O)N1c1ccccc1. The van der Waals surface area contributed by atoms with Crippen LogP contribution < -0.4 is 9.64 Å². The van der Waals surface area contributed by atoms with Crippen molar-refractivity contribution in [3.05, 3.63) is 69.4 Å². The molecule has 7 heteroatoms. The molecule has 0 aromatic heterocycles. The van der Waals surface area contributed by atoms with Gasteiger partial charge >= 0.3 is 5.91 Å². The number of carbonyl (C=O) groups is 2. The molecular weight excluding hydrogens is 361 g/mol. The largest absolute Gasteiger partial charge is 0.448 e. The number of hydrogen-bond acceptors (Lipinski definition) is 3. The van der Waals surface area contributed by atoms with Gasteiger partial charge in [-0.05, 0) is 30.3 Å². The second-order valence-electron chi connectivity index (χ2n) is 4.60. The van der Waals surface area contributed by atoms with Crippen molar-refractivity contribution in [2.75, 3.05) is 4.90 Å². The summed E-state index contributed by atoms with van der Waals surface area (Å²) in [7, 11) is 0. The number of halogens is 3. The topological polar surface area (TPSA) is 46.6 Å². The molecule has 0 fully saturated rings. The van der Waals surface area contributed by atoms with Crippen LogP contribution in [0.1, 0.15) is 0 Å². The highest BCUT2D eigenvalue weighted by Gasteiger charge is 2.40. The zero-order valence-corrected chi connectivity index (χ0v) is 13.7. The van der Waals surface area contributed by atoms with E-state index in [1.807, 2.05) is 0 Å². The van der Waals surface area contributed by atoms with Gasteiger partial charge in [-0.1, -0.05) is 53.0 Å². The number of rotatable bonds is 3. The van der Waals surface area contributed by atoms with Gasteiger partial charge in [0.15, 0.2) is 5.03 Å². The van der Waals surface area contributed by atoms with Crippen LogP contribution in [0.4, 0.5) is 5.69 Å². The summed E-state index contributed by atoms with van der Waals surface area (Å²) in [5.74, 6) is -1.40. The number of amides is 2. The maximum absolute atomic E-state index is 12.5. The normalized spacial score (nSPS) is 14.7. The van der Waals surface area contributed by atoms with E-state index in [-0.39, 0.29) is 21.6 Å². The first-order chi connectivity index (χ1) is 11.0. The fourth-order valence-electron chi connectivity index (χ4n) is 2.05. The van der Waals surface area contributed by atoms with E-state index in [2.05, 4.69) is 0 Å². The third kappa shape index (κ3) is 2.93.